The molecule has 1 aromatic rings. The second-order valence-corrected chi connectivity index (χ2v) is 2.77. The van der Waals surface area contributed by atoms with Crippen LogP contribution in [0.15, 0.2) is 36.5 Å². The zero-order valence-electron chi connectivity index (χ0n) is 6.86. The molecule has 0 amide bonds. The largest absolute Gasteiger partial charge is 0.234 e. The second kappa shape index (κ2) is 2.97. The van der Waals surface area contributed by atoms with Crippen LogP contribution in [-0.2, 0) is 5.79 Å². The van der Waals surface area contributed by atoms with Crippen LogP contribution in [0.1, 0.15) is 0 Å². The number of rotatable bonds is 1. The van der Waals surface area contributed by atoms with E-state index in [1.807, 2.05) is 0 Å². The molecule has 0 spiro atoms. The third kappa shape index (κ3) is 1.43. The standard InChI is InChI=1S/C8H5F3N3/c9-6-1-7(10)3-8(11,2-6)14-5-12-4-13-14/h1-5H. The predicted octanol–water partition coefficient (Wildman–Crippen LogP) is 1.83. The zero-order chi connectivity index (χ0) is 10.2. The van der Waals surface area contributed by atoms with Gasteiger partial charge in [-0.25, -0.2) is 22.8 Å². The van der Waals surface area contributed by atoms with E-state index in [1.54, 1.807) is 0 Å². The summed E-state index contributed by atoms with van der Waals surface area (Å²) in [7, 11) is 0. The molecule has 73 valence electrons. The molecule has 1 radical (unpaired) electrons. The summed E-state index contributed by atoms with van der Waals surface area (Å²) in [5, 5.41) is 3.47. The van der Waals surface area contributed by atoms with Gasteiger partial charge in [0, 0.05) is 12.2 Å². The van der Waals surface area contributed by atoms with E-state index in [0.29, 0.717) is 18.6 Å². The van der Waals surface area contributed by atoms with Crippen LogP contribution in [-0.4, -0.2) is 14.8 Å². The summed E-state index contributed by atoms with van der Waals surface area (Å²) in [5.41, 5.74) is 0. The van der Waals surface area contributed by atoms with E-state index in [9.17, 15) is 13.2 Å². The Hall–Kier alpha value is -1.59. The van der Waals surface area contributed by atoms with Gasteiger partial charge in [0.05, 0.1) is 6.42 Å². The van der Waals surface area contributed by atoms with Gasteiger partial charge in [-0.1, -0.05) is 0 Å². The molecule has 14 heavy (non-hydrogen) atoms. The molecule has 0 saturated heterocycles. The molecule has 1 aromatic heterocycles. The number of alkyl halides is 1. The molecule has 0 N–H and O–H groups in total. The van der Waals surface area contributed by atoms with Crippen molar-refractivity contribution < 1.29 is 13.2 Å². The minimum atomic E-state index is -2.42. The van der Waals surface area contributed by atoms with Crippen molar-refractivity contribution in [2.75, 3.05) is 0 Å². The number of hydrogen-bond donors (Lipinski definition) is 0. The van der Waals surface area contributed by atoms with E-state index in [-0.39, 0.29) is 0 Å². The quantitative estimate of drug-likeness (QED) is 0.692. The van der Waals surface area contributed by atoms with Gasteiger partial charge in [-0.2, -0.15) is 5.10 Å². The molecular formula is C8H5F3N3. The molecule has 0 aromatic carbocycles. The van der Waals surface area contributed by atoms with Crippen LogP contribution in [0.2, 0.25) is 0 Å². The average molecular weight is 200 g/mol. The third-order valence-corrected chi connectivity index (χ3v) is 1.73. The van der Waals surface area contributed by atoms with Gasteiger partial charge < -0.3 is 0 Å². The molecular weight excluding hydrogens is 195 g/mol. The maximum Gasteiger partial charge on any atom is 0.234 e. The summed E-state index contributed by atoms with van der Waals surface area (Å²) in [6.45, 7) is 0. The van der Waals surface area contributed by atoms with Crippen molar-refractivity contribution in [2.45, 2.75) is 5.79 Å². The van der Waals surface area contributed by atoms with Crippen LogP contribution in [0.25, 0.3) is 0 Å². The Balaban J connectivity index is 2.40. The highest BCUT2D eigenvalue weighted by Crippen LogP contribution is 2.33. The van der Waals surface area contributed by atoms with Gasteiger partial charge in [-0.05, 0) is 0 Å². The number of hydrogen-bond acceptors (Lipinski definition) is 2. The third-order valence-electron chi connectivity index (χ3n) is 1.73. The minimum absolute atomic E-state index is 0.592. The van der Waals surface area contributed by atoms with E-state index in [1.165, 1.54) is 0 Å². The Labute approximate surface area is 77.6 Å². The Bertz CT molecular complexity index is 396. The van der Waals surface area contributed by atoms with Gasteiger partial charge >= 0.3 is 0 Å². The number of aromatic nitrogens is 3. The summed E-state index contributed by atoms with van der Waals surface area (Å²) in [6, 6.07) is 0. The molecule has 0 bridgehead atoms. The lowest BCUT2D eigenvalue weighted by atomic mass is 10.1. The van der Waals surface area contributed by atoms with Crippen molar-refractivity contribution in [3.63, 3.8) is 0 Å². The van der Waals surface area contributed by atoms with E-state index >= 15 is 0 Å². The molecule has 1 unspecified atom stereocenters. The van der Waals surface area contributed by atoms with Gasteiger partial charge in [0.2, 0.25) is 5.79 Å². The molecule has 6 heteroatoms. The highest BCUT2D eigenvalue weighted by molar-refractivity contribution is 5.32. The maximum absolute atomic E-state index is 13.8. The van der Waals surface area contributed by atoms with Crippen molar-refractivity contribution in [2.24, 2.45) is 0 Å². The Morgan fingerprint density at radius 2 is 2.07 bits per heavy atom. The van der Waals surface area contributed by atoms with E-state index in [4.69, 9.17) is 0 Å². The molecule has 1 aliphatic rings. The lowest BCUT2D eigenvalue weighted by Crippen LogP contribution is -2.29. The zero-order valence-corrected chi connectivity index (χ0v) is 6.86. The molecule has 0 fully saturated rings. The minimum Gasteiger partial charge on any atom is -0.223 e. The SMILES string of the molecule is FC1=CC(F)=CC(F)(n2cncn2)[CH]1. The Kier molecular flexibility index (Phi) is 1.90. The smallest absolute Gasteiger partial charge is 0.223 e. The normalized spacial score (nSPS) is 27.1. The first-order chi connectivity index (χ1) is 6.60. The number of allylic oxidation sites excluding steroid dienone is 4. The second-order valence-electron chi connectivity index (χ2n) is 2.77. The number of nitrogens with zero attached hydrogens (tertiary/aromatic N) is 3. The lowest BCUT2D eigenvalue weighted by Gasteiger charge is -2.22. The van der Waals surface area contributed by atoms with E-state index < -0.39 is 17.4 Å². The van der Waals surface area contributed by atoms with Crippen molar-refractivity contribution in [3.8, 4) is 0 Å². The first-order valence-electron chi connectivity index (χ1n) is 3.76. The first kappa shape index (κ1) is 8.98. The van der Waals surface area contributed by atoms with Crippen molar-refractivity contribution in [1.29, 1.82) is 0 Å². The van der Waals surface area contributed by atoms with Crippen LogP contribution in [0, 0.1) is 6.42 Å². The van der Waals surface area contributed by atoms with Gasteiger partial charge in [0.1, 0.15) is 24.3 Å². The summed E-state index contributed by atoms with van der Waals surface area (Å²) in [5.74, 6) is -4.38. The van der Waals surface area contributed by atoms with Crippen LogP contribution in [0.5, 0.6) is 0 Å². The van der Waals surface area contributed by atoms with Gasteiger partial charge in [0.25, 0.3) is 0 Å². The van der Waals surface area contributed by atoms with Gasteiger partial charge in [-0.15, -0.1) is 0 Å². The first-order valence-corrected chi connectivity index (χ1v) is 3.76. The fourth-order valence-corrected chi connectivity index (χ4v) is 1.16. The molecule has 1 atom stereocenters. The van der Waals surface area contributed by atoms with Crippen molar-refractivity contribution in [1.82, 2.24) is 14.8 Å². The summed E-state index contributed by atoms with van der Waals surface area (Å²) in [4.78, 5) is 3.49. The van der Waals surface area contributed by atoms with E-state index in [2.05, 4.69) is 10.1 Å². The fraction of sp³-hybridized carbons (Fsp3) is 0.125. The fourth-order valence-electron chi connectivity index (χ4n) is 1.16. The van der Waals surface area contributed by atoms with Crippen molar-refractivity contribution >= 4 is 0 Å². The molecule has 2 rings (SSSR count). The Morgan fingerprint density at radius 3 is 2.64 bits per heavy atom. The lowest BCUT2D eigenvalue weighted by molar-refractivity contribution is 0.149. The molecule has 0 saturated carbocycles. The van der Waals surface area contributed by atoms with Crippen LogP contribution < -0.4 is 0 Å². The van der Waals surface area contributed by atoms with Crippen LogP contribution in [0.4, 0.5) is 13.2 Å². The summed E-state index contributed by atoms with van der Waals surface area (Å²) >= 11 is 0. The van der Waals surface area contributed by atoms with E-state index in [0.717, 1.165) is 17.3 Å². The number of halogens is 3. The van der Waals surface area contributed by atoms with Gasteiger partial charge in [-0.3, -0.25) is 0 Å². The molecule has 1 heterocycles. The summed E-state index contributed by atoms with van der Waals surface area (Å²) in [6.07, 6.45) is 3.94. The maximum atomic E-state index is 13.8. The molecule has 0 aliphatic heterocycles. The van der Waals surface area contributed by atoms with Gasteiger partial charge in [0.15, 0.2) is 0 Å². The highest BCUT2D eigenvalue weighted by Gasteiger charge is 2.35. The highest BCUT2D eigenvalue weighted by atomic mass is 19.2. The predicted molar refractivity (Wildman–Crippen MR) is 41.8 cm³/mol. The molecule has 3 nitrogen and oxygen atoms in total. The van der Waals surface area contributed by atoms with Crippen LogP contribution in [0.3, 0.4) is 0 Å². The van der Waals surface area contributed by atoms with Crippen LogP contribution >= 0.6 is 0 Å². The topological polar surface area (TPSA) is 30.7 Å². The summed E-state index contributed by atoms with van der Waals surface area (Å²) < 4.78 is 40.1. The Morgan fingerprint density at radius 1 is 1.29 bits per heavy atom. The monoisotopic (exact) mass is 200 g/mol. The average Bonchev–Trinajstić information content (AvgIpc) is 2.52. The van der Waals surface area contributed by atoms with Crippen molar-refractivity contribution in [3.05, 3.63) is 42.9 Å². The molecule has 1 aliphatic carbocycles.